The van der Waals surface area contributed by atoms with Gasteiger partial charge in [-0.05, 0) is 0 Å². The Kier molecular flexibility index (Phi) is 3.25. The third kappa shape index (κ3) is 1.98. The second-order valence-corrected chi connectivity index (χ2v) is 1.15. The van der Waals surface area contributed by atoms with Crippen molar-refractivity contribution in [3.63, 3.8) is 0 Å². The molecule has 0 radical (unpaired) electrons. The van der Waals surface area contributed by atoms with E-state index in [9.17, 15) is 4.79 Å². The van der Waals surface area contributed by atoms with Crippen molar-refractivity contribution in [1.29, 1.82) is 5.26 Å². The average Bonchev–Trinajstić information content (AvgIpc) is 1.83. The van der Waals surface area contributed by atoms with Crippen LogP contribution < -0.4 is 0 Å². The molecule has 0 spiro atoms. The fourth-order valence-corrected chi connectivity index (χ4v) is 0.247. The van der Waals surface area contributed by atoms with Gasteiger partial charge in [-0.15, -0.1) is 6.58 Å². The molecule has 0 aliphatic carbocycles. The molecule has 0 aromatic carbocycles. The monoisotopic (exact) mass is 110 g/mol. The summed E-state index contributed by atoms with van der Waals surface area (Å²) in [5.41, 5.74) is 0. The molecular weight excluding hydrogens is 104 g/mol. The van der Waals surface area contributed by atoms with E-state index in [4.69, 9.17) is 5.26 Å². The zero-order valence-electron chi connectivity index (χ0n) is 4.37. The van der Waals surface area contributed by atoms with Crippen LogP contribution in [0.1, 0.15) is 0 Å². The highest BCUT2D eigenvalue weighted by Gasteiger charge is 1.90. The zero-order valence-corrected chi connectivity index (χ0v) is 4.37. The number of hydrogen-bond acceptors (Lipinski definition) is 2. The molecule has 0 aromatic heterocycles. The summed E-state index contributed by atoms with van der Waals surface area (Å²) in [7, 11) is 0. The number of carbonyl (C=O) groups is 1. The second-order valence-electron chi connectivity index (χ2n) is 1.15. The third-order valence-electron chi connectivity index (χ3n) is 0.581. The third-order valence-corrected chi connectivity index (χ3v) is 0.581. The Morgan fingerprint density at radius 3 is 2.62 bits per heavy atom. The van der Waals surface area contributed by atoms with E-state index < -0.39 is 0 Å². The maximum absolute atomic E-state index is 9.78. The molecule has 0 unspecified atom stereocenters. The van der Waals surface area contributed by atoms with Crippen molar-refractivity contribution < 1.29 is 4.79 Å². The fraction of sp³-hybridized carbons (Fsp3) is 0.200. The normalized spacial score (nSPS) is 6.88. The molecule has 3 heteroatoms. The molecule has 0 fully saturated rings. The predicted octanol–water partition coefficient (Wildman–Crippen LogP) is 0.112. The lowest BCUT2D eigenvalue weighted by Gasteiger charge is -1.98. The second kappa shape index (κ2) is 3.88. The molecule has 42 valence electrons. The van der Waals surface area contributed by atoms with Crippen LogP contribution in [0.2, 0.25) is 0 Å². The van der Waals surface area contributed by atoms with Crippen LogP contribution in [0.3, 0.4) is 0 Å². The van der Waals surface area contributed by atoms with E-state index in [0.717, 1.165) is 4.90 Å². The zero-order chi connectivity index (χ0) is 6.41. The van der Waals surface area contributed by atoms with Gasteiger partial charge >= 0.3 is 0 Å². The number of nitrogens with zero attached hydrogens (tertiary/aromatic N) is 2. The highest BCUT2D eigenvalue weighted by Crippen LogP contribution is 1.75. The molecule has 0 atom stereocenters. The van der Waals surface area contributed by atoms with E-state index in [1.165, 1.54) is 6.08 Å². The summed E-state index contributed by atoms with van der Waals surface area (Å²) in [6, 6.07) is 0. The van der Waals surface area contributed by atoms with E-state index in [2.05, 4.69) is 6.58 Å². The first-order chi connectivity index (χ1) is 3.85. The van der Waals surface area contributed by atoms with Gasteiger partial charge in [-0.1, -0.05) is 6.08 Å². The van der Waals surface area contributed by atoms with E-state index in [0.29, 0.717) is 13.0 Å². The minimum atomic E-state index is 0.292. The SMILES string of the molecule is C=CCN(C#N)C=O. The maximum Gasteiger partial charge on any atom is 0.223 e. The molecule has 1 amide bonds. The van der Waals surface area contributed by atoms with E-state index in [1.54, 1.807) is 6.19 Å². The molecule has 0 saturated carbocycles. The first-order valence-electron chi connectivity index (χ1n) is 2.07. The molecule has 0 heterocycles. The van der Waals surface area contributed by atoms with Crippen molar-refractivity contribution in [2.24, 2.45) is 0 Å². The predicted molar refractivity (Wildman–Crippen MR) is 28.6 cm³/mol. The molecular formula is C5H6N2O. The number of rotatable bonds is 3. The van der Waals surface area contributed by atoms with Crippen molar-refractivity contribution in [3.8, 4) is 6.19 Å². The van der Waals surface area contributed by atoms with Crippen LogP contribution in [0.25, 0.3) is 0 Å². The van der Waals surface area contributed by atoms with Crippen LogP contribution in [0.15, 0.2) is 12.7 Å². The Bertz CT molecular complexity index is 125. The van der Waals surface area contributed by atoms with Crippen molar-refractivity contribution in [2.75, 3.05) is 6.54 Å². The van der Waals surface area contributed by atoms with Crippen molar-refractivity contribution in [1.82, 2.24) is 4.90 Å². The molecule has 0 saturated heterocycles. The smallest absolute Gasteiger partial charge is 0.223 e. The lowest BCUT2D eigenvalue weighted by Crippen LogP contribution is -2.13. The van der Waals surface area contributed by atoms with E-state index in [-0.39, 0.29) is 0 Å². The summed E-state index contributed by atoms with van der Waals surface area (Å²) >= 11 is 0. The highest BCUT2D eigenvalue weighted by atomic mass is 16.1. The van der Waals surface area contributed by atoms with Crippen molar-refractivity contribution in [3.05, 3.63) is 12.7 Å². The number of nitriles is 1. The van der Waals surface area contributed by atoms with Crippen LogP contribution in [-0.4, -0.2) is 17.9 Å². The van der Waals surface area contributed by atoms with Crippen molar-refractivity contribution in [2.45, 2.75) is 0 Å². The Morgan fingerprint density at radius 1 is 1.88 bits per heavy atom. The lowest BCUT2D eigenvalue weighted by atomic mass is 10.6. The first kappa shape index (κ1) is 6.70. The summed E-state index contributed by atoms with van der Waals surface area (Å²) in [4.78, 5) is 10.7. The highest BCUT2D eigenvalue weighted by molar-refractivity contribution is 5.49. The van der Waals surface area contributed by atoms with Crippen LogP contribution in [0, 0.1) is 11.5 Å². The van der Waals surface area contributed by atoms with Crippen molar-refractivity contribution >= 4 is 6.41 Å². The maximum atomic E-state index is 9.78. The van der Waals surface area contributed by atoms with Gasteiger partial charge in [0.1, 0.15) is 0 Å². The van der Waals surface area contributed by atoms with Crippen LogP contribution >= 0.6 is 0 Å². The van der Waals surface area contributed by atoms with Crippen LogP contribution in [0.5, 0.6) is 0 Å². The first-order valence-corrected chi connectivity index (χ1v) is 2.07. The number of carbonyl (C=O) groups excluding carboxylic acids is 1. The topological polar surface area (TPSA) is 44.1 Å². The molecule has 0 aromatic rings. The summed E-state index contributed by atoms with van der Waals surface area (Å²) in [6.07, 6.45) is 3.59. The molecule has 0 aliphatic rings. The molecule has 8 heavy (non-hydrogen) atoms. The Morgan fingerprint density at radius 2 is 2.50 bits per heavy atom. The van der Waals surface area contributed by atoms with Gasteiger partial charge < -0.3 is 0 Å². The standard InChI is InChI=1S/C5H6N2O/c1-2-3-7(4-6)5-8/h2,5H,1,3H2. The minimum Gasteiger partial charge on any atom is -0.278 e. The molecule has 0 rings (SSSR count). The molecule has 3 nitrogen and oxygen atoms in total. The number of hydrogen-bond donors (Lipinski definition) is 0. The van der Waals surface area contributed by atoms with Crippen LogP contribution in [-0.2, 0) is 4.79 Å². The largest absolute Gasteiger partial charge is 0.278 e. The molecule has 0 bridgehead atoms. The van der Waals surface area contributed by atoms with Gasteiger partial charge in [0.2, 0.25) is 6.41 Å². The van der Waals surface area contributed by atoms with Gasteiger partial charge in [-0.25, -0.2) is 4.90 Å². The van der Waals surface area contributed by atoms with E-state index in [1.807, 2.05) is 0 Å². The summed E-state index contributed by atoms with van der Waals surface area (Å²) in [6.45, 7) is 3.64. The van der Waals surface area contributed by atoms with Gasteiger partial charge in [0.15, 0.2) is 6.19 Å². The lowest BCUT2D eigenvalue weighted by molar-refractivity contribution is -0.115. The number of amides is 1. The van der Waals surface area contributed by atoms with Gasteiger partial charge in [0, 0.05) is 0 Å². The minimum absolute atomic E-state index is 0.292. The van der Waals surface area contributed by atoms with E-state index >= 15 is 0 Å². The molecule has 0 aliphatic heterocycles. The fourth-order valence-electron chi connectivity index (χ4n) is 0.247. The Balaban J connectivity index is 3.56. The van der Waals surface area contributed by atoms with Gasteiger partial charge in [0.25, 0.3) is 0 Å². The van der Waals surface area contributed by atoms with Gasteiger partial charge in [0.05, 0.1) is 6.54 Å². The van der Waals surface area contributed by atoms with Crippen LogP contribution in [0.4, 0.5) is 0 Å². The van der Waals surface area contributed by atoms with Gasteiger partial charge in [-0.2, -0.15) is 5.26 Å². The summed E-state index contributed by atoms with van der Waals surface area (Å²) in [5.74, 6) is 0. The van der Waals surface area contributed by atoms with Gasteiger partial charge in [-0.3, -0.25) is 4.79 Å². The Labute approximate surface area is 47.8 Å². The quantitative estimate of drug-likeness (QED) is 0.224. The Hall–Kier alpha value is -1.30. The average molecular weight is 110 g/mol. The summed E-state index contributed by atoms with van der Waals surface area (Å²) in [5, 5.41) is 8.05. The molecule has 0 N–H and O–H groups in total. The summed E-state index contributed by atoms with van der Waals surface area (Å²) < 4.78 is 0.